The minimum Gasteiger partial charge on any atom is -0.389 e. The maximum absolute atomic E-state index is 5.91. The lowest BCUT2D eigenvalue weighted by Gasteiger charge is -2.40. The largest absolute Gasteiger partial charge is 0.389 e. The van der Waals surface area contributed by atoms with Crippen molar-refractivity contribution in [2.45, 2.75) is 47.0 Å². The molecular formula is C15H24N4S. The van der Waals surface area contributed by atoms with E-state index in [-0.39, 0.29) is 0 Å². The summed E-state index contributed by atoms with van der Waals surface area (Å²) < 4.78 is 0. The first-order valence-corrected chi connectivity index (χ1v) is 7.67. The van der Waals surface area contributed by atoms with E-state index in [1.807, 2.05) is 13.8 Å². The molecule has 0 aromatic carbocycles. The van der Waals surface area contributed by atoms with Crippen LogP contribution in [0.15, 0.2) is 0 Å². The van der Waals surface area contributed by atoms with Crippen LogP contribution in [0.3, 0.4) is 0 Å². The number of aromatic nitrogens is 2. The summed E-state index contributed by atoms with van der Waals surface area (Å²) in [6.45, 7) is 10.6. The Kier molecular flexibility index (Phi) is 4.28. The minimum atomic E-state index is 0.416. The second-order valence-corrected chi connectivity index (χ2v) is 6.56. The number of hydrogen-bond donors (Lipinski definition) is 1. The van der Waals surface area contributed by atoms with Crippen LogP contribution in [0.4, 0.5) is 5.82 Å². The third kappa shape index (κ3) is 2.77. The van der Waals surface area contributed by atoms with Gasteiger partial charge in [-0.1, -0.05) is 32.5 Å². The fourth-order valence-corrected chi connectivity index (χ4v) is 2.97. The zero-order valence-corrected chi connectivity index (χ0v) is 13.7. The number of aryl methyl sites for hydroxylation is 1. The molecule has 20 heavy (non-hydrogen) atoms. The fraction of sp³-hybridized carbons (Fsp3) is 0.667. The van der Waals surface area contributed by atoms with E-state index in [4.69, 9.17) is 18.0 Å². The molecule has 0 unspecified atom stereocenters. The molecule has 0 atom stereocenters. The maximum Gasteiger partial charge on any atom is 0.161 e. The molecule has 0 aliphatic carbocycles. The summed E-state index contributed by atoms with van der Waals surface area (Å²) >= 11 is 5.22. The summed E-state index contributed by atoms with van der Waals surface area (Å²) in [6.07, 6.45) is 3.57. The van der Waals surface area contributed by atoms with Crippen molar-refractivity contribution >= 4 is 23.0 Å². The number of rotatable bonds is 3. The molecule has 1 aliphatic heterocycles. The van der Waals surface area contributed by atoms with E-state index in [9.17, 15) is 0 Å². The second kappa shape index (κ2) is 5.64. The number of anilines is 1. The van der Waals surface area contributed by atoms with E-state index in [1.54, 1.807) is 0 Å². The monoisotopic (exact) mass is 292 g/mol. The Morgan fingerprint density at radius 2 is 1.90 bits per heavy atom. The molecule has 4 nitrogen and oxygen atoms in total. The van der Waals surface area contributed by atoms with Crippen molar-refractivity contribution in [1.29, 1.82) is 0 Å². The average Bonchev–Trinajstić information content (AvgIpc) is 2.42. The van der Waals surface area contributed by atoms with Crippen LogP contribution < -0.4 is 10.6 Å². The minimum absolute atomic E-state index is 0.416. The van der Waals surface area contributed by atoms with E-state index in [0.29, 0.717) is 10.4 Å². The number of thiocarbonyl (C=S) groups is 1. The molecule has 0 radical (unpaired) electrons. The number of nitrogens with two attached hydrogens (primary N) is 1. The number of nitrogens with zero attached hydrogens (tertiary/aromatic N) is 3. The molecule has 0 bridgehead atoms. The van der Waals surface area contributed by atoms with E-state index >= 15 is 0 Å². The quantitative estimate of drug-likeness (QED) is 0.868. The Labute approximate surface area is 126 Å². The Morgan fingerprint density at radius 3 is 2.40 bits per heavy atom. The molecule has 110 valence electrons. The first-order valence-electron chi connectivity index (χ1n) is 7.26. The highest BCUT2D eigenvalue weighted by Crippen LogP contribution is 2.36. The van der Waals surface area contributed by atoms with Gasteiger partial charge in [0.05, 0.1) is 11.3 Å². The van der Waals surface area contributed by atoms with Crippen LogP contribution in [-0.2, 0) is 0 Å². The zero-order valence-electron chi connectivity index (χ0n) is 12.9. The lowest BCUT2D eigenvalue weighted by Crippen LogP contribution is -2.40. The summed E-state index contributed by atoms with van der Waals surface area (Å²) in [7, 11) is 0. The van der Waals surface area contributed by atoms with Crippen LogP contribution in [0, 0.1) is 19.3 Å². The highest BCUT2D eigenvalue weighted by Gasteiger charge is 2.30. The Bertz CT molecular complexity index is 519. The van der Waals surface area contributed by atoms with Gasteiger partial charge in [-0.15, -0.1) is 5.10 Å². The first-order chi connectivity index (χ1) is 9.38. The molecule has 1 fully saturated rings. The standard InChI is InChI=1S/C15H24N4S/c1-5-15(4)6-8-19(9-7-15)14-12(13(16)20)10(2)11(3)17-18-14/h5-9H2,1-4H3,(H2,16,20). The van der Waals surface area contributed by atoms with Gasteiger partial charge in [-0.3, -0.25) is 0 Å². The second-order valence-electron chi connectivity index (χ2n) is 6.12. The van der Waals surface area contributed by atoms with Crippen molar-refractivity contribution in [3.8, 4) is 0 Å². The zero-order chi connectivity index (χ0) is 14.9. The normalized spacial score (nSPS) is 18.1. The van der Waals surface area contributed by atoms with Crippen molar-refractivity contribution < 1.29 is 0 Å². The van der Waals surface area contributed by atoms with Gasteiger partial charge >= 0.3 is 0 Å². The van der Waals surface area contributed by atoms with Gasteiger partial charge in [0.1, 0.15) is 4.99 Å². The third-order valence-corrected chi connectivity index (χ3v) is 5.01. The van der Waals surface area contributed by atoms with Gasteiger partial charge in [0, 0.05) is 13.1 Å². The van der Waals surface area contributed by atoms with Gasteiger partial charge in [-0.25, -0.2) is 0 Å². The molecule has 0 amide bonds. The van der Waals surface area contributed by atoms with E-state index in [0.717, 1.165) is 35.7 Å². The van der Waals surface area contributed by atoms with Gasteiger partial charge < -0.3 is 10.6 Å². The molecule has 1 saturated heterocycles. The molecule has 0 saturated carbocycles. The smallest absolute Gasteiger partial charge is 0.161 e. The Hall–Kier alpha value is -1.23. The lowest BCUT2D eigenvalue weighted by atomic mass is 9.78. The van der Waals surface area contributed by atoms with Crippen LogP contribution in [-0.4, -0.2) is 28.3 Å². The molecule has 0 spiro atoms. The summed E-state index contributed by atoms with van der Waals surface area (Å²) in [5.41, 5.74) is 9.20. The molecule has 1 aromatic rings. The van der Waals surface area contributed by atoms with E-state index in [2.05, 4.69) is 28.9 Å². The summed E-state index contributed by atoms with van der Waals surface area (Å²) in [5.74, 6) is 0.860. The van der Waals surface area contributed by atoms with Gasteiger partial charge in [0.2, 0.25) is 0 Å². The summed E-state index contributed by atoms with van der Waals surface area (Å²) in [4.78, 5) is 2.70. The van der Waals surface area contributed by atoms with E-state index in [1.165, 1.54) is 19.3 Å². The molecule has 5 heteroatoms. The van der Waals surface area contributed by atoms with Crippen molar-refractivity contribution in [2.75, 3.05) is 18.0 Å². The molecule has 2 heterocycles. The van der Waals surface area contributed by atoms with E-state index < -0.39 is 0 Å². The van der Waals surface area contributed by atoms with Crippen molar-refractivity contribution in [3.05, 3.63) is 16.8 Å². The third-order valence-electron chi connectivity index (χ3n) is 4.81. The molecule has 1 aromatic heterocycles. The van der Waals surface area contributed by atoms with Gasteiger partial charge in [0.25, 0.3) is 0 Å². The predicted molar refractivity (Wildman–Crippen MR) is 87.2 cm³/mol. The predicted octanol–water partition coefficient (Wildman–Crippen LogP) is 2.74. The number of piperidine rings is 1. The molecule has 2 rings (SSSR count). The van der Waals surface area contributed by atoms with Crippen LogP contribution >= 0.6 is 12.2 Å². The lowest BCUT2D eigenvalue weighted by molar-refractivity contribution is 0.237. The van der Waals surface area contributed by atoms with Gasteiger partial charge in [-0.05, 0) is 37.7 Å². The van der Waals surface area contributed by atoms with Crippen molar-refractivity contribution in [3.63, 3.8) is 0 Å². The van der Waals surface area contributed by atoms with Crippen LogP contribution in [0.25, 0.3) is 0 Å². The van der Waals surface area contributed by atoms with Crippen LogP contribution in [0.5, 0.6) is 0 Å². The Morgan fingerprint density at radius 1 is 1.30 bits per heavy atom. The summed E-state index contributed by atoms with van der Waals surface area (Å²) in [6, 6.07) is 0. The van der Waals surface area contributed by atoms with Gasteiger partial charge in [0.15, 0.2) is 5.82 Å². The topological polar surface area (TPSA) is 55.0 Å². The maximum atomic E-state index is 5.91. The van der Waals surface area contributed by atoms with Gasteiger partial charge in [-0.2, -0.15) is 5.10 Å². The van der Waals surface area contributed by atoms with Crippen LogP contribution in [0.1, 0.15) is 49.9 Å². The molecule has 2 N–H and O–H groups in total. The first kappa shape index (κ1) is 15.2. The SMILES string of the molecule is CCC1(C)CCN(c2nnc(C)c(C)c2C(N)=S)CC1. The Balaban J connectivity index is 2.31. The highest BCUT2D eigenvalue weighted by atomic mass is 32.1. The van der Waals surface area contributed by atoms with Crippen molar-refractivity contribution in [2.24, 2.45) is 11.1 Å². The fourth-order valence-electron chi connectivity index (χ4n) is 2.72. The summed E-state index contributed by atoms with van der Waals surface area (Å²) in [5, 5.41) is 8.61. The van der Waals surface area contributed by atoms with Crippen molar-refractivity contribution in [1.82, 2.24) is 10.2 Å². The molecule has 1 aliphatic rings. The van der Waals surface area contributed by atoms with Crippen LogP contribution in [0.2, 0.25) is 0 Å². The highest BCUT2D eigenvalue weighted by molar-refractivity contribution is 7.80. The average molecular weight is 292 g/mol. The molecular weight excluding hydrogens is 268 g/mol. The number of hydrogen-bond acceptors (Lipinski definition) is 4.